The molecule has 17 heavy (non-hydrogen) atoms. The van der Waals surface area contributed by atoms with Crippen LogP contribution in [-0.2, 0) is 0 Å². The van der Waals surface area contributed by atoms with E-state index in [2.05, 4.69) is 4.98 Å². The molecular weight excluding hydrogens is 214 g/mol. The van der Waals surface area contributed by atoms with Crippen molar-refractivity contribution in [1.29, 1.82) is 0 Å². The highest BCUT2D eigenvalue weighted by molar-refractivity contribution is 5.81. The molecule has 1 aromatic heterocycles. The fraction of sp³-hybridized carbons (Fsp3) is 0.231. The summed E-state index contributed by atoms with van der Waals surface area (Å²) in [5.41, 5.74) is 9.80. The van der Waals surface area contributed by atoms with Gasteiger partial charge in [0.05, 0.1) is 6.61 Å². The van der Waals surface area contributed by atoms with Gasteiger partial charge in [-0.3, -0.25) is 0 Å². The van der Waals surface area contributed by atoms with Gasteiger partial charge in [-0.2, -0.15) is 0 Å². The highest BCUT2D eigenvalue weighted by Crippen LogP contribution is 2.31. The van der Waals surface area contributed by atoms with Crippen LogP contribution in [0.3, 0.4) is 0 Å². The molecule has 1 heterocycles. The monoisotopic (exact) mass is 231 g/mol. The Kier molecular flexibility index (Phi) is 3.35. The molecule has 0 saturated carbocycles. The number of aromatic nitrogens is 1. The van der Waals surface area contributed by atoms with E-state index >= 15 is 0 Å². The molecule has 0 radical (unpaired) electrons. The first-order valence-electron chi connectivity index (χ1n) is 5.57. The van der Waals surface area contributed by atoms with E-state index in [1.807, 2.05) is 48.6 Å². The predicted octanol–water partition coefficient (Wildman–Crippen LogP) is 1.69. The van der Waals surface area contributed by atoms with Gasteiger partial charge in [0.15, 0.2) is 0 Å². The molecule has 2 rings (SSSR count). The summed E-state index contributed by atoms with van der Waals surface area (Å²) in [6.45, 7) is 0.731. The van der Waals surface area contributed by atoms with Gasteiger partial charge in [0.1, 0.15) is 0 Å². The number of nitrogen functional groups attached to an aromatic ring is 1. The van der Waals surface area contributed by atoms with Crippen molar-refractivity contribution in [1.82, 2.24) is 4.98 Å². The molecule has 4 nitrogen and oxygen atoms in total. The molecule has 0 saturated heterocycles. The van der Waals surface area contributed by atoms with Crippen molar-refractivity contribution in [2.45, 2.75) is 0 Å². The molecule has 4 N–H and O–H groups in total. The number of rotatable bonds is 4. The fourth-order valence-corrected chi connectivity index (χ4v) is 1.88. The van der Waals surface area contributed by atoms with Gasteiger partial charge in [-0.1, -0.05) is 0 Å². The summed E-state index contributed by atoms with van der Waals surface area (Å²) in [7, 11) is 1.96. The maximum absolute atomic E-state index is 9.00. The number of benzene rings is 1. The van der Waals surface area contributed by atoms with Gasteiger partial charge in [-0.25, -0.2) is 0 Å². The Morgan fingerprint density at radius 2 is 2.18 bits per heavy atom. The zero-order valence-electron chi connectivity index (χ0n) is 9.85. The van der Waals surface area contributed by atoms with Crippen molar-refractivity contribution < 1.29 is 5.11 Å². The minimum absolute atomic E-state index is 0.132. The molecule has 0 unspecified atom stereocenters. The smallest absolute Gasteiger partial charge is 0.0606 e. The third kappa shape index (κ3) is 2.42. The normalized spacial score (nSPS) is 10.5. The predicted molar refractivity (Wildman–Crippen MR) is 71.0 cm³/mol. The van der Waals surface area contributed by atoms with E-state index in [0.717, 1.165) is 22.5 Å². The van der Waals surface area contributed by atoms with E-state index in [9.17, 15) is 0 Å². The molecule has 4 heteroatoms. The average molecular weight is 231 g/mol. The number of anilines is 2. The Labute approximate surface area is 101 Å². The minimum atomic E-state index is 0.132. The van der Waals surface area contributed by atoms with Crippen LogP contribution in [-0.4, -0.2) is 30.3 Å². The van der Waals surface area contributed by atoms with Crippen LogP contribution in [0.1, 0.15) is 0 Å². The van der Waals surface area contributed by atoms with Gasteiger partial charge in [-0.05, 0) is 24.3 Å². The number of aliphatic hydroxyl groups excluding tert-OH is 1. The van der Waals surface area contributed by atoms with Gasteiger partial charge < -0.3 is 20.7 Å². The number of aromatic amines is 1. The van der Waals surface area contributed by atoms with Crippen LogP contribution in [0.15, 0.2) is 36.7 Å². The zero-order valence-corrected chi connectivity index (χ0v) is 9.85. The van der Waals surface area contributed by atoms with Crippen molar-refractivity contribution >= 4 is 11.4 Å². The molecule has 1 aromatic carbocycles. The SMILES string of the molecule is CN(CCO)c1ccc(N)cc1-c1cc[nH]c1. The Morgan fingerprint density at radius 3 is 2.82 bits per heavy atom. The van der Waals surface area contributed by atoms with Crippen LogP contribution in [0.4, 0.5) is 11.4 Å². The first kappa shape index (κ1) is 11.5. The lowest BCUT2D eigenvalue weighted by molar-refractivity contribution is 0.304. The van der Waals surface area contributed by atoms with Crippen LogP contribution >= 0.6 is 0 Å². The second kappa shape index (κ2) is 4.93. The Hall–Kier alpha value is -1.94. The zero-order chi connectivity index (χ0) is 12.3. The maximum atomic E-state index is 9.00. The number of nitrogens with one attached hydrogen (secondary N) is 1. The number of aliphatic hydroxyl groups is 1. The van der Waals surface area contributed by atoms with Crippen LogP contribution in [0.5, 0.6) is 0 Å². The number of H-pyrrole nitrogens is 1. The van der Waals surface area contributed by atoms with Crippen LogP contribution in [0, 0.1) is 0 Å². The molecule has 90 valence electrons. The summed E-state index contributed by atoms with van der Waals surface area (Å²) >= 11 is 0. The lowest BCUT2D eigenvalue weighted by Gasteiger charge is -2.21. The standard InChI is InChI=1S/C13H17N3O/c1-16(6-7-17)13-3-2-11(14)8-12(13)10-4-5-15-9-10/h2-5,8-9,15,17H,6-7,14H2,1H3. The third-order valence-electron chi connectivity index (χ3n) is 2.78. The van der Waals surface area contributed by atoms with Crippen molar-refractivity contribution in [3.63, 3.8) is 0 Å². The van der Waals surface area contributed by atoms with E-state index in [1.165, 1.54) is 0 Å². The van der Waals surface area contributed by atoms with Crippen LogP contribution in [0.2, 0.25) is 0 Å². The van der Waals surface area contributed by atoms with E-state index in [-0.39, 0.29) is 6.61 Å². The Balaban J connectivity index is 2.45. The minimum Gasteiger partial charge on any atom is -0.399 e. The first-order chi connectivity index (χ1) is 8.22. The van der Waals surface area contributed by atoms with Crippen molar-refractivity contribution in [3.05, 3.63) is 36.7 Å². The summed E-state index contributed by atoms with van der Waals surface area (Å²) in [6.07, 6.45) is 3.82. The molecule has 0 aliphatic carbocycles. The molecule has 2 aromatic rings. The second-order valence-electron chi connectivity index (χ2n) is 4.02. The maximum Gasteiger partial charge on any atom is 0.0606 e. The van der Waals surface area contributed by atoms with Crippen molar-refractivity contribution in [3.8, 4) is 11.1 Å². The first-order valence-corrected chi connectivity index (χ1v) is 5.57. The highest BCUT2D eigenvalue weighted by atomic mass is 16.3. The number of nitrogens with two attached hydrogens (primary N) is 1. The topological polar surface area (TPSA) is 65.3 Å². The summed E-state index contributed by atoms with van der Waals surface area (Å²) in [5.74, 6) is 0. The van der Waals surface area contributed by atoms with Crippen molar-refractivity contribution in [2.24, 2.45) is 0 Å². The molecule has 0 aliphatic rings. The van der Waals surface area contributed by atoms with Gasteiger partial charge in [0.2, 0.25) is 0 Å². The summed E-state index contributed by atoms with van der Waals surface area (Å²) in [5, 5.41) is 9.00. The molecular formula is C13H17N3O. The molecule has 0 spiro atoms. The van der Waals surface area contributed by atoms with Crippen molar-refractivity contribution in [2.75, 3.05) is 30.8 Å². The fourth-order valence-electron chi connectivity index (χ4n) is 1.88. The molecule has 0 atom stereocenters. The summed E-state index contributed by atoms with van der Waals surface area (Å²) in [6, 6.07) is 7.81. The van der Waals surface area contributed by atoms with E-state index in [1.54, 1.807) is 0 Å². The van der Waals surface area contributed by atoms with E-state index < -0.39 is 0 Å². The number of nitrogens with zero attached hydrogens (tertiary/aromatic N) is 1. The quantitative estimate of drug-likeness (QED) is 0.702. The highest BCUT2D eigenvalue weighted by Gasteiger charge is 2.09. The summed E-state index contributed by atoms with van der Waals surface area (Å²) in [4.78, 5) is 5.05. The van der Waals surface area contributed by atoms with Gasteiger partial charge in [-0.15, -0.1) is 0 Å². The molecule has 0 amide bonds. The Morgan fingerprint density at radius 1 is 1.35 bits per heavy atom. The number of hydrogen-bond acceptors (Lipinski definition) is 3. The summed E-state index contributed by atoms with van der Waals surface area (Å²) < 4.78 is 0. The molecule has 0 fully saturated rings. The largest absolute Gasteiger partial charge is 0.399 e. The third-order valence-corrected chi connectivity index (χ3v) is 2.78. The van der Waals surface area contributed by atoms with E-state index in [0.29, 0.717) is 6.54 Å². The number of hydrogen-bond donors (Lipinski definition) is 3. The van der Waals surface area contributed by atoms with Crippen LogP contribution in [0.25, 0.3) is 11.1 Å². The molecule has 0 aliphatic heterocycles. The average Bonchev–Trinajstić information content (AvgIpc) is 2.82. The van der Waals surface area contributed by atoms with Gasteiger partial charge >= 0.3 is 0 Å². The lowest BCUT2D eigenvalue weighted by atomic mass is 10.1. The van der Waals surface area contributed by atoms with E-state index in [4.69, 9.17) is 10.8 Å². The van der Waals surface area contributed by atoms with Gasteiger partial charge in [0, 0.05) is 48.5 Å². The second-order valence-corrected chi connectivity index (χ2v) is 4.02. The Bertz CT molecular complexity index is 479. The lowest BCUT2D eigenvalue weighted by Crippen LogP contribution is -2.21. The molecule has 0 bridgehead atoms. The number of likely N-dealkylation sites (N-methyl/N-ethyl adjacent to an activating group) is 1. The van der Waals surface area contributed by atoms with Gasteiger partial charge in [0.25, 0.3) is 0 Å². The van der Waals surface area contributed by atoms with Crippen LogP contribution < -0.4 is 10.6 Å².